The van der Waals surface area contributed by atoms with Crippen LogP contribution in [0.2, 0.25) is 0 Å². The summed E-state index contributed by atoms with van der Waals surface area (Å²) in [5, 5.41) is 12.7. The van der Waals surface area contributed by atoms with Crippen molar-refractivity contribution < 1.29 is 9.90 Å². The van der Waals surface area contributed by atoms with Crippen molar-refractivity contribution in [2.75, 3.05) is 0 Å². The first-order valence-corrected chi connectivity index (χ1v) is 8.23. The van der Waals surface area contributed by atoms with Crippen LogP contribution < -0.4 is 5.32 Å². The summed E-state index contributed by atoms with van der Waals surface area (Å²) in [5.74, 6) is 1.11. The highest BCUT2D eigenvalue weighted by Gasteiger charge is 2.35. The van der Waals surface area contributed by atoms with E-state index in [0.29, 0.717) is 5.92 Å². The average molecular weight is 287 g/mol. The third-order valence-electron chi connectivity index (χ3n) is 5.02. The molecule has 0 radical (unpaired) electrons. The number of amides is 1. The van der Waals surface area contributed by atoms with E-state index in [0.717, 1.165) is 44.9 Å². The van der Waals surface area contributed by atoms with Gasteiger partial charge in [-0.25, -0.2) is 0 Å². The number of nitrogens with one attached hydrogen (secondary N) is 1. The van der Waals surface area contributed by atoms with Crippen LogP contribution in [0.3, 0.4) is 0 Å². The van der Waals surface area contributed by atoms with Gasteiger partial charge in [0.1, 0.15) is 0 Å². The molecule has 0 spiro atoms. The van der Waals surface area contributed by atoms with Gasteiger partial charge in [-0.2, -0.15) is 0 Å². The molecule has 0 atom stereocenters. The average Bonchev–Trinajstić information content (AvgIpc) is 2.46. The largest absolute Gasteiger partial charge is 0.393 e. The Morgan fingerprint density at radius 3 is 2.43 bits per heavy atom. The van der Waals surface area contributed by atoms with Gasteiger partial charge in [0.15, 0.2) is 0 Å². The molecule has 3 rings (SSSR count). The van der Waals surface area contributed by atoms with Gasteiger partial charge in [0.05, 0.1) is 6.10 Å². The molecule has 0 bridgehead atoms. The first kappa shape index (κ1) is 14.6. The Bertz CT molecular complexity index is 459. The summed E-state index contributed by atoms with van der Waals surface area (Å²) in [6.07, 6.45) is 6.49. The fourth-order valence-corrected chi connectivity index (χ4v) is 3.60. The molecule has 0 aliphatic heterocycles. The highest BCUT2D eigenvalue weighted by atomic mass is 16.3. The maximum absolute atomic E-state index is 12.2. The Morgan fingerprint density at radius 2 is 1.76 bits per heavy atom. The van der Waals surface area contributed by atoms with Crippen LogP contribution in [0.15, 0.2) is 30.3 Å². The number of aliphatic hydroxyl groups excluding tert-OH is 1. The van der Waals surface area contributed by atoms with Gasteiger partial charge in [-0.3, -0.25) is 4.79 Å². The lowest BCUT2D eigenvalue weighted by atomic mass is 9.71. The minimum Gasteiger partial charge on any atom is -0.393 e. The molecule has 2 fully saturated rings. The molecule has 2 N–H and O–H groups in total. The fourth-order valence-electron chi connectivity index (χ4n) is 3.60. The molecule has 3 nitrogen and oxygen atoms in total. The molecule has 2 saturated carbocycles. The first-order chi connectivity index (χ1) is 10.2. The Balaban J connectivity index is 1.38. The second-order valence-corrected chi connectivity index (χ2v) is 6.74. The highest BCUT2D eigenvalue weighted by molar-refractivity contribution is 5.79. The summed E-state index contributed by atoms with van der Waals surface area (Å²) in [6.45, 7) is 0. The smallest absolute Gasteiger partial charge is 0.223 e. The lowest BCUT2D eigenvalue weighted by molar-refractivity contribution is -0.130. The van der Waals surface area contributed by atoms with E-state index in [1.807, 2.05) is 6.07 Å². The number of aliphatic hydroxyl groups is 1. The second kappa shape index (κ2) is 6.61. The van der Waals surface area contributed by atoms with Crippen molar-refractivity contribution in [3.8, 4) is 0 Å². The van der Waals surface area contributed by atoms with Crippen LogP contribution in [0.4, 0.5) is 0 Å². The fraction of sp³-hybridized carbons (Fsp3) is 0.611. The first-order valence-electron chi connectivity index (χ1n) is 8.23. The molecular weight excluding hydrogens is 262 g/mol. The van der Waals surface area contributed by atoms with E-state index in [1.54, 1.807) is 0 Å². The van der Waals surface area contributed by atoms with Gasteiger partial charge < -0.3 is 10.4 Å². The summed E-state index contributed by atoms with van der Waals surface area (Å²) >= 11 is 0. The molecular formula is C18H25NO2. The summed E-state index contributed by atoms with van der Waals surface area (Å²) in [5.41, 5.74) is 1.38. The molecule has 0 heterocycles. The zero-order valence-electron chi connectivity index (χ0n) is 12.5. The lowest BCUT2D eigenvalue weighted by Crippen LogP contribution is -2.45. The number of hydrogen-bond donors (Lipinski definition) is 2. The molecule has 114 valence electrons. The van der Waals surface area contributed by atoms with Crippen LogP contribution in [0.25, 0.3) is 0 Å². The Labute approximate surface area is 126 Å². The molecule has 2 aliphatic rings. The van der Waals surface area contributed by atoms with E-state index in [-0.39, 0.29) is 24.0 Å². The second-order valence-electron chi connectivity index (χ2n) is 6.74. The summed E-state index contributed by atoms with van der Waals surface area (Å²) in [6, 6.07) is 10.8. The van der Waals surface area contributed by atoms with Gasteiger partial charge in [-0.05, 0) is 56.4 Å². The number of carbonyl (C=O) groups excluding carboxylic acids is 1. The minimum atomic E-state index is -0.155. The van der Waals surface area contributed by atoms with Crippen LogP contribution in [0.5, 0.6) is 0 Å². The van der Waals surface area contributed by atoms with E-state index in [9.17, 15) is 9.90 Å². The van der Waals surface area contributed by atoms with Crippen LogP contribution >= 0.6 is 0 Å². The van der Waals surface area contributed by atoms with Crippen molar-refractivity contribution in [3.05, 3.63) is 35.9 Å². The number of rotatable bonds is 4. The van der Waals surface area contributed by atoms with Crippen molar-refractivity contribution in [1.29, 1.82) is 0 Å². The number of carbonyl (C=O) groups is 1. The predicted molar refractivity (Wildman–Crippen MR) is 82.8 cm³/mol. The normalized spacial score (nSPS) is 32.2. The number of benzene rings is 1. The third-order valence-corrected chi connectivity index (χ3v) is 5.02. The Hall–Kier alpha value is -1.35. The SMILES string of the molecule is O=C(NC1CCC(O)CC1)C1CC(Cc2ccccc2)C1. The minimum absolute atomic E-state index is 0.155. The molecule has 3 heteroatoms. The number of hydrogen-bond acceptors (Lipinski definition) is 2. The van der Waals surface area contributed by atoms with Crippen LogP contribution in [-0.4, -0.2) is 23.2 Å². The van der Waals surface area contributed by atoms with Gasteiger partial charge in [-0.15, -0.1) is 0 Å². The van der Waals surface area contributed by atoms with Crippen LogP contribution in [-0.2, 0) is 11.2 Å². The zero-order valence-corrected chi connectivity index (χ0v) is 12.5. The molecule has 1 aromatic carbocycles. The molecule has 0 unspecified atom stereocenters. The maximum Gasteiger partial charge on any atom is 0.223 e. The molecule has 1 amide bonds. The third kappa shape index (κ3) is 3.85. The monoisotopic (exact) mass is 287 g/mol. The van der Waals surface area contributed by atoms with E-state index in [1.165, 1.54) is 5.56 Å². The van der Waals surface area contributed by atoms with Crippen molar-refractivity contribution in [3.63, 3.8) is 0 Å². The predicted octanol–water partition coefficient (Wildman–Crippen LogP) is 2.67. The highest BCUT2D eigenvalue weighted by Crippen LogP contribution is 2.36. The van der Waals surface area contributed by atoms with Crippen molar-refractivity contribution in [2.24, 2.45) is 11.8 Å². The van der Waals surface area contributed by atoms with E-state index in [4.69, 9.17) is 0 Å². The Morgan fingerprint density at radius 1 is 1.10 bits per heavy atom. The summed E-state index contributed by atoms with van der Waals surface area (Å²) in [7, 11) is 0. The van der Waals surface area contributed by atoms with Gasteiger partial charge in [0.25, 0.3) is 0 Å². The van der Waals surface area contributed by atoms with E-state index < -0.39 is 0 Å². The van der Waals surface area contributed by atoms with Crippen LogP contribution in [0.1, 0.15) is 44.1 Å². The van der Waals surface area contributed by atoms with E-state index >= 15 is 0 Å². The molecule has 2 aliphatic carbocycles. The lowest BCUT2D eigenvalue weighted by Gasteiger charge is -2.36. The van der Waals surface area contributed by atoms with Gasteiger partial charge in [0.2, 0.25) is 5.91 Å². The van der Waals surface area contributed by atoms with Gasteiger partial charge in [0, 0.05) is 12.0 Å². The summed E-state index contributed by atoms with van der Waals surface area (Å²) < 4.78 is 0. The van der Waals surface area contributed by atoms with Crippen molar-refractivity contribution >= 4 is 5.91 Å². The maximum atomic E-state index is 12.2. The quantitative estimate of drug-likeness (QED) is 0.894. The molecule has 1 aromatic rings. The standard InChI is InChI=1S/C18H25NO2/c20-17-8-6-16(7-9-17)19-18(21)15-11-14(12-15)10-13-4-2-1-3-5-13/h1-5,14-17,20H,6-12H2,(H,19,21). The molecule has 0 saturated heterocycles. The Kier molecular flexibility index (Phi) is 4.59. The summed E-state index contributed by atoms with van der Waals surface area (Å²) in [4.78, 5) is 12.2. The van der Waals surface area contributed by atoms with Crippen molar-refractivity contribution in [2.45, 2.75) is 57.1 Å². The molecule has 0 aromatic heterocycles. The molecule has 21 heavy (non-hydrogen) atoms. The van der Waals surface area contributed by atoms with Crippen molar-refractivity contribution in [1.82, 2.24) is 5.32 Å². The van der Waals surface area contributed by atoms with Gasteiger partial charge in [-0.1, -0.05) is 30.3 Å². The van der Waals surface area contributed by atoms with E-state index in [2.05, 4.69) is 29.6 Å². The van der Waals surface area contributed by atoms with Gasteiger partial charge >= 0.3 is 0 Å². The topological polar surface area (TPSA) is 49.3 Å². The van der Waals surface area contributed by atoms with Crippen LogP contribution in [0, 0.1) is 11.8 Å². The zero-order chi connectivity index (χ0) is 14.7.